The molecular weight excluding hydrogens is 260 g/mol. The van der Waals surface area contributed by atoms with E-state index in [0.29, 0.717) is 11.1 Å². The molecule has 0 saturated heterocycles. The average molecular weight is 270 g/mol. The Balaban J connectivity index is 2.64. The molecule has 7 nitrogen and oxygen atoms in total. The molecule has 0 fully saturated rings. The molecule has 0 atom stereocenters. The van der Waals surface area contributed by atoms with Gasteiger partial charge in [0.2, 0.25) is 0 Å². The van der Waals surface area contributed by atoms with Crippen molar-refractivity contribution in [3.8, 4) is 0 Å². The van der Waals surface area contributed by atoms with Crippen molar-refractivity contribution in [2.24, 2.45) is 15.5 Å². The van der Waals surface area contributed by atoms with E-state index in [1.54, 1.807) is 60.7 Å². The number of nitro groups is 1. The summed E-state index contributed by atoms with van der Waals surface area (Å²) in [6, 6.07) is 16.8. The Bertz CT molecular complexity index is 589. The molecule has 100 valence electrons. The van der Waals surface area contributed by atoms with Crippen LogP contribution in [0.4, 0.5) is 0 Å². The van der Waals surface area contributed by atoms with Crippen LogP contribution in [-0.4, -0.2) is 5.03 Å². The first-order valence-electron chi connectivity index (χ1n) is 5.72. The Morgan fingerprint density at radius 3 is 1.70 bits per heavy atom. The second-order valence-corrected chi connectivity index (χ2v) is 3.92. The monoisotopic (exact) mass is 270 g/mol. The lowest BCUT2D eigenvalue weighted by molar-refractivity contribution is -0.495. The molecule has 0 aliphatic carbocycles. The normalized spacial score (nSPS) is 11.4. The molecule has 0 radical (unpaired) electrons. The van der Waals surface area contributed by atoms with Gasteiger partial charge >= 0.3 is 5.66 Å². The van der Waals surface area contributed by atoms with Crippen molar-refractivity contribution in [2.45, 2.75) is 5.66 Å². The minimum absolute atomic E-state index is 0.409. The maximum absolute atomic E-state index is 11.4. The second-order valence-electron chi connectivity index (χ2n) is 3.92. The van der Waals surface area contributed by atoms with Crippen molar-refractivity contribution in [3.63, 3.8) is 0 Å². The Labute approximate surface area is 114 Å². The van der Waals surface area contributed by atoms with Gasteiger partial charge in [-0.3, -0.25) is 0 Å². The Hall–Kier alpha value is -2.96. The molecular formula is C13H10N4O3. The van der Waals surface area contributed by atoms with Crippen molar-refractivity contribution < 1.29 is 5.03 Å². The maximum Gasteiger partial charge on any atom is 0.354 e. The van der Waals surface area contributed by atoms with E-state index >= 15 is 0 Å². The third kappa shape index (κ3) is 2.56. The van der Waals surface area contributed by atoms with Gasteiger partial charge in [0, 0.05) is 16.3 Å². The van der Waals surface area contributed by atoms with Crippen molar-refractivity contribution in [1.82, 2.24) is 0 Å². The van der Waals surface area contributed by atoms with Gasteiger partial charge in [-0.1, -0.05) is 60.7 Å². The molecule has 2 aromatic carbocycles. The maximum atomic E-state index is 11.4. The van der Waals surface area contributed by atoms with E-state index in [1.165, 1.54) is 0 Å². The fourth-order valence-electron chi connectivity index (χ4n) is 1.85. The Morgan fingerprint density at radius 1 is 0.900 bits per heavy atom. The molecule has 20 heavy (non-hydrogen) atoms. The zero-order valence-electron chi connectivity index (χ0n) is 10.3. The standard InChI is InChI=1S/C13H10N4O3/c18-15-13(14-16-17(19)20,11-7-3-1-4-8-11)12-9-5-2-6-10-12/h1-10H. The van der Waals surface area contributed by atoms with Gasteiger partial charge in [-0.05, 0) is 0 Å². The van der Waals surface area contributed by atoms with Gasteiger partial charge in [0.15, 0.2) is 5.22 Å². The molecule has 7 heteroatoms. The first-order valence-corrected chi connectivity index (χ1v) is 5.72. The molecule has 2 aromatic rings. The van der Waals surface area contributed by atoms with E-state index < -0.39 is 10.7 Å². The van der Waals surface area contributed by atoms with Crippen LogP contribution < -0.4 is 0 Å². The topological polar surface area (TPSA) is 97.3 Å². The van der Waals surface area contributed by atoms with Crippen LogP contribution in [0, 0.1) is 15.0 Å². The third-order valence-corrected chi connectivity index (χ3v) is 2.75. The average Bonchev–Trinajstić information content (AvgIpc) is 2.50. The highest BCUT2D eigenvalue weighted by Gasteiger charge is 2.43. The van der Waals surface area contributed by atoms with Gasteiger partial charge in [-0.15, -0.1) is 4.91 Å². The Kier molecular flexibility index (Phi) is 3.90. The van der Waals surface area contributed by atoms with Gasteiger partial charge < -0.3 is 10.1 Å². The lowest BCUT2D eigenvalue weighted by Crippen LogP contribution is -2.22. The summed E-state index contributed by atoms with van der Waals surface area (Å²) in [5, 5.41) is 18.9. The van der Waals surface area contributed by atoms with Gasteiger partial charge in [0.05, 0.1) is 10.1 Å². The minimum atomic E-state index is -1.75. The van der Waals surface area contributed by atoms with E-state index in [4.69, 9.17) is 0 Å². The number of hydrogen-bond acceptors (Lipinski definition) is 5. The predicted octanol–water partition coefficient (Wildman–Crippen LogP) is 3.30. The smallest absolute Gasteiger partial charge is 0.337 e. The quantitative estimate of drug-likeness (QED) is 0.360. The summed E-state index contributed by atoms with van der Waals surface area (Å²) in [7, 11) is 0. The van der Waals surface area contributed by atoms with Gasteiger partial charge in [-0.2, -0.15) is 0 Å². The van der Waals surface area contributed by atoms with Crippen LogP contribution >= 0.6 is 0 Å². The molecule has 0 spiro atoms. The summed E-state index contributed by atoms with van der Waals surface area (Å²) in [5.74, 6) is 0. The highest BCUT2D eigenvalue weighted by Crippen LogP contribution is 2.35. The van der Waals surface area contributed by atoms with Crippen LogP contribution in [0.1, 0.15) is 11.1 Å². The number of hydrogen-bond donors (Lipinski definition) is 0. The number of nitroso groups, excluding NO2 is 1. The second kappa shape index (κ2) is 5.79. The van der Waals surface area contributed by atoms with Crippen molar-refractivity contribution in [2.75, 3.05) is 0 Å². The summed E-state index contributed by atoms with van der Waals surface area (Å²) in [5.41, 5.74) is -0.936. The number of benzene rings is 2. The molecule has 0 aromatic heterocycles. The van der Waals surface area contributed by atoms with Crippen molar-refractivity contribution >= 4 is 0 Å². The van der Waals surface area contributed by atoms with Gasteiger partial charge in [0.1, 0.15) is 0 Å². The highest BCUT2D eigenvalue weighted by molar-refractivity contribution is 5.37. The molecule has 2 rings (SSSR count). The highest BCUT2D eigenvalue weighted by atomic mass is 16.7. The molecule has 0 amide bonds. The number of nitrogens with zero attached hydrogens (tertiary/aromatic N) is 4. The van der Waals surface area contributed by atoms with Gasteiger partial charge in [0.25, 0.3) is 0 Å². The zero-order chi connectivity index (χ0) is 14.4. The largest absolute Gasteiger partial charge is 0.354 e. The van der Waals surface area contributed by atoms with E-state index in [-0.39, 0.29) is 0 Å². The van der Waals surface area contributed by atoms with Gasteiger partial charge in [-0.25, -0.2) is 0 Å². The lowest BCUT2D eigenvalue weighted by Gasteiger charge is -2.15. The Morgan fingerprint density at radius 2 is 1.35 bits per heavy atom. The van der Waals surface area contributed by atoms with E-state index in [0.717, 1.165) is 0 Å². The lowest BCUT2D eigenvalue weighted by atomic mass is 9.93. The van der Waals surface area contributed by atoms with E-state index in [9.17, 15) is 15.0 Å². The summed E-state index contributed by atoms with van der Waals surface area (Å²) in [6.45, 7) is 0. The van der Waals surface area contributed by atoms with Crippen LogP contribution in [-0.2, 0) is 5.66 Å². The molecule has 0 bridgehead atoms. The first-order chi connectivity index (χ1) is 9.69. The molecule has 0 N–H and O–H groups in total. The van der Waals surface area contributed by atoms with Crippen LogP contribution in [0.5, 0.6) is 0 Å². The molecule has 0 aliphatic heterocycles. The van der Waals surface area contributed by atoms with Crippen LogP contribution in [0.3, 0.4) is 0 Å². The minimum Gasteiger partial charge on any atom is -0.337 e. The van der Waals surface area contributed by atoms with E-state index in [2.05, 4.69) is 15.5 Å². The van der Waals surface area contributed by atoms with Crippen LogP contribution in [0.2, 0.25) is 0 Å². The van der Waals surface area contributed by atoms with Crippen molar-refractivity contribution in [1.29, 1.82) is 0 Å². The molecule has 0 aliphatic rings. The zero-order valence-corrected chi connectivity index (χ0v) is 10.3. The third-order valence-electron chi connectivity index (χ3n) is 2.75. The fourth-order valence-corrected chi connectivity index (χ4v) is 1.85. The summed E-state index contributed by atoms with van der Waals surface area (Å²) in [6.07, 6.45) is 0. The summed E-state index contributed by atoms with van der Waals surface area (Å²) >= 11 is 0. The van der Waals surface area contributed by atoms with Crippen LogP contribution in [0.15, 0.2) is 76.2 Å². The summed E-state index contributed by atoms with van der Waals surface area (Å²) in [4.78, 5) is 21.8. The van der Waals surface area contributed by atoms with Crippen LogP contribution in [0.25, 0.3) is 0 Å². The summed E-state index contributed by atoms with van der Waals surface area (Å²) < 4.78 is 0. The SMILES string of the molecule is O=NC(N=N[N+](=O)[O-])(c1ccccc1)c1ccccc1. The molecule has 0 saturated carbocycles. The molecule has 0 unspecified atom stereocenters. The fraction of sp³-hybridized carbons (Fsp3) is 0.0769. The molecule has 0 heterocycles. The predicted molar refractivity (Wildman–Crippen MR) is 71.3 cm³/mol. The number of rotatable bonds is 5. The van der Waals surface area contributed by atoms with Crippen molar-refractivity contribution in [3.05, 3.63) is 86.8 Å². The first kappa shape index (κ1) is 13.5. The van der Waals surface area contributed by atoms with E-state index in [1.807, 2.05) is 0 Å².